The van der Waals surface area contributed by atoms with Crippen LogP contribution in [0.5, 0.6) is 11.5 Å². The molecule has 1 unspecified atom stereocenters. The maximum atomic E-state index is 6.33. The lowest BCUT2D eigenvalue weighted by Crippen LogP contribution is -2.18. The minimum Gasteiger partial charge on any atom is -0.486 e. The molecule has 0 aliphatic carbocycles. The molecule has 2 N–H and O–H groups in total. The lowest BCUT2D eigenvalue weighted by molar-refractivity contribution is 0.171. The number of hydrogen-bond acceptors (Lipinski definition) is 3. The van der Waals surface area contributed by atoms with Crippen molar-refractivity contribution in [3.63, 3.8) is 0 Å². The van der Waals surface area contributed by atoms with Crippen LogP contribution in [0.1, 0.15) is 17.2 Å². The van der Waals surface area contributed by atoms with Crippen LogP contribution in [0.15, 0.2) is 34.8 Å². The van der Waals surface area contributed by atoms with Crippen LogP contribution in [-0.4, -0.2) is 13.2 Å². The fourth-order valence-electron chi connectivity index (χ4n) is 2.24. The van der Waals surface area contributed by atoms with Crippen molar-refractivity contribution in [1.82, 2.24) is 0 Å². The van der Waals surface area contributed by atoms with Gasteiger partial charge in [0.05, 0.1) is 6.04 Å². The molecule has 0 radical (unpaired) electrons. The summed E-state index contributed by atoms with van der Waals surface area (Å²) >= 11 is 16.0. The van der Waals surface area contributed by atoms with Gasteiger partial charge in [0.1, 0.15) is 13.2 Å². The normalized spacial score (nSPS) is 14.9. The average molecular weight is 389 g/mol. The molecule has 0 saturated heterocycles. The molecule has 110 valence electrons. The standard InChI is InChI=1S/C15H12BrCl2NO2/c16-8-1-2-11(17)9(5-8)15(19)10-6-13-14(7-12(10)18)21-4-3-20-13/h1-2,5-7,15H,3-4,19H2. The number of fused-ring (bicyclic) bond motifs is 1. The van der Waals surface area contributed by atoms with Crippen LogP contribution in [-0.2, 0) is 0 Å². The second-order valence-electron chi connectivity index (χ2n) is 4.66. The first-order chi connectivity index (χ1) is 10.1. The Bertz CT molecular complexity index is 694. The SMILES string of the molecule is NC(c1cc(Br)ccc1Cl)c1cc2c(cc1Cl)OCCO2. The number of halogens is 3. The highest BCUT2D eigenvalue weighted by molar-refractivity contribution is 9.10. The van der Waals surface area contributed by atoms with Crippen LogP contribution in [0.25, 0.3) is 0 Å². The average Bonchev–Trinajstić information content (AvgIpc) is 2.48. The van der Waals surface area contributed by atoms with E-state index in [1.165, 1.54) is 0 Å². The first kappa shape index (κ1) is 15.0. The highest BCUT2D eigenvalue weighted by Gasteiger charge is 2.21. The monoisotopic (exact) mass is 387 g/mol. The molecule has 0 aromatic heterocycles. The molecule has 1 aliphatic heterocycles. The van der Waals surface area contributed by atoms with Crippen molar-refractivity contribution in [1.29, 1.82) is 0 Å². The number of rotatable bonds is 2. The molecule has 2 aromatic rings. The van der Waals surface area contributed by atoms with E-state index in [-0.39, 0.29) is 0 Å². The summed E-state index contributed by atoms with van der Waals surface area (Å²) in [6, 6.07) is 8.66. The van der Waals surface area contributed by atoms with Gasteiger partial charge in [-0.3, -0.25) is 0 Å². The van der Waals surface area contributed by atoms with E-state index in [1.54, 1.807) is 12.1 Å². The van der Waals surface area contributed by atoms with Gasteiger partial charge < -0.3 is 15.2 Å². The third-order valence-electron chi connectivity index (χ3n) is 3.29. The molecule has 1 atom stereocenters. The van der Waals surface area contributed by atoms with Gasteiger partial charge >= 0.3 is 0 Å². The molecule has 1 heterocycles. The molecule has 3 nitrogen and oxygen atoms in total. The number of nitrogens with two attached hydrogens (primary N) is 1. The van der Waals surface area contributed by atoms with E-state index in [4.69, 9.17) is 38.4 Å². The highest BCUT2D eigenvalue weighted by atomic mass is 79.9. The lowest BCUT2D eigenvalue weighted by Gasteiger charge is -2.22. The molecule has 0 saturated carbocycles. The Morgan fingerprint density at radius 2 is 1.57 bits per heavy atom. The van der Waals surface area contributed by atoms with Crippen molar-refractivity contribution in [2.24, 2.45) is 5.73 Å². The Kier molecular flexibility index (Phi) is 4.31. The molecule has 21 heavy (non-hydrogen) atoms. The number of ether oxygens (including phenoxy) is 2. The highest BCUT2D eigenvalue weighted by Crippen LogP contribution is 2.40. The van der Waals surface area contributed by atoms with E-state index >= 15 is 0 Å². The minimum atomic E-state index is -0.446. The Balaban J connectivity index is 2.05. The van der Waals surface area contributed by atoms with Crippen molar-refractivity contribution in [3.05, 3.63) is 56.0 Å². The maximum Gasteiger partial charge on any atom is 0.162 e. The number of hydrogen-bond donors (Lipinski definition) is 1. The first-order valence-corrected chi connectivity index (χ1v) is 7.90. The summed E-state index contributed by atoms with van der Waals surface area (Å²) < 4.78 is 12.0. The molecule has 0 amide bonds. The summed E-state index contributed by atoms with van der Waals surface area (Å²) in [6.07, 6.45) is 0. The Hall–Kier alpha value is -0.940. The van der Waals surface area contributed by atoms with E-state index in [1.807, 2.05) is 18.2 Å². The largest absolute Gasteiger partial charge is 0.486 e. The summed E-state index contributed by atoms with van der Waals surface area (Å²) in [6.45, 7) is 1.03. The van der Waals surface area contributed by atoms with E-state index < -0.39 is 6.04 Å². The molecule has 1 aliphatic rings. The lowest BCUT2D eigenvalue weighted by atomic mass is 9.99. The van der Waals surface area contributed by atoms with Gasteiger partial charge in [0.15, 0.2) is 11.5 Å². The first-order valence-electron chi connectivity index (χ1n) is 6.36. The summed E-state index contributed by atoms with van der Waals surface area (Å²) in [4.78, 5) is 0. The number of benzene rings is 2. The van der Waals surface area contributed by atoms with Crippen LogP contribution < -0.4 is 15.2 Å². The van der Waals surface area contributed by atoms with E-state index in [0.29, 0.717) is 34.8 Å². The van der Waals surface area contributed by atoms with Gasteiger partial charge in [-0.15, -0.1) is 0 Å². The summed E-state index contributed by atoms with van der Waals surface area (Å²) in [5.74, 6) is 1.30. The van der Waals surface area contributed by atoms with Gasteiger partial charge in [-0.2, -0.15) is 0 Å². The quantitative estimate of drug-likeness (QED) is 0.819. The predicted molar refractivity (Wildman–Crippen MR) is 87.6 cm³/mol. The Morgan fingerprint density at radius 3 is 2.29 bits per heavy atom. The summed E-state index contributed by atoms with van der Waals surface area (Å²) in [5, 5.41) is 1.12. The zero-order valence-corrected chi connectivity index (χ0v) is 14.0. The third kappa shape index (κ3) is 2.99. The molecular weight excluding hydrogens is 377 g/mol. The van der Waals surface area contributed by atoms with Crippen LogP contribution in [0.2, 0.25) is 10.0 Å². The van der Waals surface area contributed by atoms with Gasteiger partial charge in [-0.25, -0.2) is 0 Å². The fraction of sp³-hybridized carbons (Fsp3) is 0.200. The zero-order valence-electron chi connectivity index (χ0n) is 10.9. The van der Waals surface area contributed by atoms with Crippen molar-refractivity contribution in [2.45, 2.75) is 6.04 Å². The van der Waals surface area contributed by atoms with Gasteiger partial charge in [0, 0.05) is 20.6 Å². The van der Waals surface area contributed by atoms with E-state index in [9.17, 15) is 0 Å². The maximum absolute atomic E-state index is 6.33. The van der Waals surface area contributed by atoms with Gasteiger partial charge in [-0.1, -0.05) is 39.1 Å². The zero-order chi connectivity index (χ0) is 15.0. The van der Waals surface area contributed by atoms with Gasteiger partial charge in [0.2, 0.25) is 0 Å². The van der Waals surface area contributed by atoms with Crippen LogP contribution in [0.4, 0.5) is 0 Å². The topological polar surface area (TPSA) is 44.5 Å². The Morgan fingerprint density at radius 1 is 0.952 bits per heavy atom. The van der Waals surface area contributed by atoms with Crippen molar-refractivity contribution >= 4 is 39.1 Å². The molecule has 0 spiro atoms. The molecule has 0 fully saturated rings. The summed E-state index contributed by atoms with van der Waals surface area (Å²) in [7, 11) is 0. The fourth-order valence-corrected chi connectivity index (χ4v) is 3.12. The molecular formula is C15H12BrCl2NO2. The van der Waals surface area contributed by atoms with Crippen LogP contribution in [0, 0.1) is 0 Å². The molecule has 0 bridgehead atoms. The second-order valence-corrected chi connectivity index (χ2v) is 6.39. The smallest absolute Gasteiger partial charge is 0.162 e. The van der Waals surface area contributed by atoms with Crippen molar-refractivity contribution < 1.29 is 9.47 Å². The van der Waals surface area contributed by atoms with Crippen LogP contribution in [0.3, 0.4) is 0 Å². The van der Waals surface area contributed by atoms with Gasteiger partial charge in [-0.05, 0) is 35.4 Å². The van der Waals surface area contributed by atoms with E-state index in [2.05, 4.69) is 15.9 Å². The van der Waals surface area contributed by atoms with Gasteiger partial charge in [0.25, 0.3) is 0 Å². The van der Waals surface area contributed by atoms with Crippen molar-refractivity contribution in [3.8, 4) is 11.5 Å². The van der Waals surface area contributed by atoms with E-state index in [0.717, 1.165) is 15.6 Å². The molecule has 6 heteroatoms. The third-order valence-corrected chi connectivity index (χ3v) is 4.45. The molecule has 2 aromatic carbocycles. The summed E-state index contributed by atoms with van der Waals surface area (Å²) in [5.41, 5.74) is 7.88. The second kappa shape index (κ2) is 6.05. The van der Waals surface area contributed by atoms with Crippen molar-refractivity contribution in [2.75, 3.05) is 13.2 Å². The van der Waals surface area contributed by atoms with Crippen LogP contribution >= 0.6 is 39.1 Å². The predicted octanol–water partition coefficient (Wildman–Crippen LogP) is 4.58. The minimum absolute atomic E-state index is 0.446. The molecule has 3 rings (SSSR count). The Labute approximate surface area is 141 Å².